The smallest absolute Gasteiger partial charge is 0.150 e. The maximum atomic E-state index is 6.08. The molecule has 0 bridgehead atoms. The minimum absolute atomic E-state index is 0.258. The fourth-order valence-electron chi connectivity index (χ4n) is 2.65. The SMILES string of the molecule is NC1CCCN(c2ccccc2Oc2ccccc2)C1. The Morgan fingerprint density at radius 2 is 1.75 bits per heavy atom. The average molecular weight is 268 g/mol. The van der Waals surface area contributed by atoms with Gasteiger partial charge in [-0.05, 0) is 37.1 Å². The van der Waals surface area contributed by atoms with Crippen LogP contribution in [0, 0.1) is 0 Å². The van der Waals surface area contributed by atoms with E-state index in [-0.39, 0.29) is 6.04 Å². The summed E-state index contributed by atoms with van der Waals surface area (Å²) in [4.78, 5) is 2.33. The van der Waals surface area contributed by atoms with Gasteiger partial charge in [-0.1, -0.05) is 30.3 Å². The quantitative estimate of drug-likeness (QED) is 0.927. The molecule has 0 spiro atoms. The van der Waals surface area contributed by atoms with Gasteiger partial charge in [-0.2, -0.15) is 0 Å². The molecule has 1 saturated heterocycles. The Kier molecular flexibility index (Phi) is 3.88. The summed E-state index contributed by atoms with van der Waals surface area (Å²) >= 11 is 0. The number of piperidine rings is 1. The molecule has 1 atom stereocenters. The first-order valence-electron chi connectivity index (χ1n) is 7.15. The van der Waals surface area contributed by atoms with Crippen molar-refractivity contribution in [1.82, 2.24) is 0 Å². The van der Waals surface area contributed by atoms with Crippen LogP contribution in [0.1, 0.15) is 12.8 Å². The highest BCUT2D eigenvalue weighted by atomic mass is 16.5. The second-order valence-electron chi connectivity index (χ2n) is 5.23. The summed E-state index contributed by atoms with van der Waals surface area (Å²) in [5.74, 6) is 1.76. The van der Waals surface area contributed by atoms with Gasteiger partial charge in [0.2, 0.25) is 0 Å². The molecule has 3 rings (SSSR count). The van der Waals surface area contributed by atoms with Gasteiger partial charge in [0.25, 0.3) is 0 Å². The van der Waals surface area contributed by atoms with Gasteiger partial charge < -0.3 is 15.4 Å². The van der Waals surface area contributed by atoms with Crippen LogP contribution < -0.4 is 15.4 Å². The van der Waals surface area contributed by atoms with Crippen LogP contribution in [0.3, 0.4) is 0 Å². The first kappa shape index (κ1) is 13.0. The highest BCUT2D eigenvalue weighted by molar-refractivity contribution is 5.60. The molecule has 1 unspecified atom stereocenters. The molecule has 1 aliphatic rings. The molecule has 1 aliphatic heterocycles. The monoisotopic (exact) mass is 268 g/mol. The lowest BCUT2D eigenvalue weighted by atomic mass is 10.1. The fourth-order valence-corrected chi connectivity index (χ4v) is 2.65. The first-order chi connectivity index (χ1) is 9.83. The van der Waals surface area contributed by atoms with E-state index in [2.05, 4.69) is 11.0 Å². The van der Waals surface area contributed by atoms with Crippen molar-refractivity contribution >= 4 is 5.69 Å². The van der Waals surface area contributed by atoms with E-state index in [4.69, 9.17) is 10.5 Å². The Morgan fingerprint density at radius 3 is 2.55 bits per heavy atom. The molecule has 2 aromatic carbocycles. The Balaban J connectivity index is 1.84. The summed E-state index contributed by atoms with van der Waals surface area (Å²) < 4.78 is 6.02. The Labute approximate surface area is 120 Å². The molecule has 1 heterocycles. The number of nitrogens with two attached hydrogens (primary N) is 1. The molecule has 0 aromatic heterocycles. The Bertz CT molecular complexity index is 556. The van der Waals surface area contributed by atoms with Gasteiger partial charge in [0.05, 0.1) is 5.69 Å². The van der Waals surface area contributed by atoms with Crippen LogP contribution in [0.4, 0.5) is 5.69 Å². The first-order valence-corrected chi connectivity index (χ1v) is 7.15. The minimum atomic E-state index is 0.258. The van der Waals surface area contributed by atoms with Crippen molar-refractivity contribution in [2.75, 3.05) is 18.0 Å². The molecular weight excluding hydrogens is 248 g/mol. The van der Waals surface area contributed by atoms with Crippen LogP contribution in [-0.2, 0) is 0 Å². The summed E-state index contributed by atoms with van der Waals surface area (Å²) in [7, 11) is 0. The van der Waals surface area contributed by atoms with E-state index in [1.165, 1.54) is 0 Å². The van der Waals surface area contributed by atoms with Crippen LogP contribution in [0.5, 0.6) is 11.5 Å². The van der Waals surface area contributed by atoms with Gasteiger partial charge in [0.1, 0.15) is 5.75 Å². The number of rotatable bonds is 3. The second-order valence-corrected chi connectivity index (χ2v) is 5.23. The van der Waals surface area contributed by atoms with E-state index in [1.807, 2.05) is 48.5 Å². The van der Waals surface area contributed by atoms with Crippen LogP contribution >= 0.6 is 0 Å². The maximum absolute atomic E-state index is 6.08. The molecule has 20 heavy (non-hydrogen) atoms. The number of hydrogen-bond acceptors (Lipinski definition) is 3. The van der Waals surface area contributed by atoms with E-state index in [9.17, 15) is 0 Å². The van der Waals surface area contributed by atoms with Crippen molar-refractivity contribution in [2.45, 2.75) is 18.9 Å². The molecule has 104 valence electrons. The third kappa shape index (κ3) is 2.94. The zero-order valence-corrected chi connectivity index (χ0v) is 11.5. The van der Waals surface area contributed by atoms with Crippen LogP contribution in [0.2, 0.25) is 0 Å². The van der Waals surface area contributed by atoms with E-state index in [1.54, 1.807) is 0 Å². The van der Waals surface area contributed by atoms with E-state index >= 15 is 0 Å². The Hall–Kier alpha value is -2.00. The average Bonchev–Trinajstić information content (AvgIpc) is 2.49. The van der Waals surface area contributed by atoms with Crippen LogP contribution in [-0.4, -0.2) is 19.1 Å². The summed E-state index contributed by atoms with van der Waals surface area (Å²) in [5.41, 5.74) is 7.21. The third-order valence-corrected chi connectivity index (χ3v) is 3.63. The maximum Gasteiger partial charge on any atom is 0.150 e. The number of ether oxygens (including phenoxy) is 1. The lowest BCUT2D eigenvalue weighted by Gasteiger charge is -2.33. The van der Waals surface area contributed by atoms with Crippen molar-refractivity contribution in [3.05, 3.63) is 54.6 Å². The highest BCUT2D eigenvalue weighted by Crippen LogP contribution is 2.33. The van der Waals surface area contributed by atoms with E-state index < -0.39 is 0 Å². The number of nitrogens with zero attached hydrogens (tertiary/aromatic N) is 1. The van der Waals surface area contributed by atoms with Gasteiger partial charge in [-0.3, -0.25) is 0 Å². The molecule has 0 aliphatic carbocycles. The van der Waals surface area contributed by atoms with E-state index in [0.717, 1.165) is 43.1 Å². The minimum Gasteiger partial charge on any atom is -0.455 e. The van der Waals surface area contributed by atoms with Gasteiger partial charge in [0, 0.05) is 19.1 Å². The normalized spacial score (nSPS) is 18.9. The standard InChI is InChI=1S/C17H20N2O/c18-14-7-6-12-19(13-14)16-10-4-5-11-17(16)20-15-8-2-1-3-9-15/h1-5,8-11,14H,6-7,12-13,18H2. The van der Waals surface area contributed by atoms with Gasteiger partial charge in [-0.25, -0.2) is 0 Å². The van der Waals surface area contributed by atoms with Crippen molar-refractivity contribution in [3.8, 4) is 11.5 Å². The largest absolute Gasteiger partial charge is 0.455 e. The van der Waals surface area contributed by atoms with Gasteiger partial charge >= 0.3 is 0 Å². The predicted octanol–water partition coefficient (Wildman–Crippen LogP) is 3.41. The lowest BCUT2D eigenvalue weighted by Crippen LogP contribution is -2.42. The number of anilines is 1. The molecule has 2 aromatic rings. The predicted molar refractivity (Wildman–Crippen MR) is 82.4 cm³/mol. The lowest BCUT2D eigenvalue weighted by molar-refractivity contribution is 0.468. The van der Waals surface area contributed by atoms with Crippen molar-refractivity contribution in [2.24, 2.45) is 5.73 Å². The van der Waals surface area contributed by atoms with Gasteiger partial charge in [0.15, 0.2) is 5.75 Å². The third-order valence-electron chi connectivity index (χ3n) is 3.63. The van der Waals surface area contributed by atoms with Crippen molar-refractivity contribution in [3.63, 3.8) is 0 Å². The van der Waals surface area contributed by atoms with E-state index in [0.29, 0.717) is 0 Å². The number of benzene rings is 2. The van der Waals surface area contributed by atoms with Crippen LogP contribution in [0.15, 0.2) is 54.6 Å². The highest BCUT2D eigenvalue weighted by Gasteiger charge is 2.19. The summed E-state index contributed by atoms with van der Waals surface area (Å²) in [6.45, 7) is 1.94. The molecule has 0 saturated carbocycles. The fraction of sp³-hybridized carbons (Fsp3) is 0.294. The zero-order chi connectivity index (χ0) is 13.8. The second kappa shape index (κ2) is 5.97. The molecular formula is C17H20N2O. The molecule has 3 nitrogen and oxygen atoms in total. The molecule has 2 N–H and O–H groups in total. The van der Waals surface area contributed by atoms with Gasteiger partial charge in [-0.15, -0.1) is 0 Å². The number of para-hydroxylation sites is 3. The van der Waals surface area contributed by atoms with Crippen molar-refractivity contribution < 1.29 is 4.74 Å². The zero-order valence-electron chi connectivity index (χ0n) is 11.5. The summed E-state index contributed by atoms with van der Waals surface area (Å²) in [5, 5.41) is 0. The molecule has 3 heteroatoms. The molecule has 1 fully saturated rings. The molecule has 0 radical (unpaired) electrons. The summed E-state index contributed by atoms with van der Waals surface area (Å²) in [6, 6.07) is 18.3. The van der Waals surface area contributed by atoms with Crippen molar-refractivity contribution in [1.29, 1.82) is 0 Å². The Morgan fingerprint density at radius 1 is 1.00 bits per heavy atom. The molecule has 0 amide bonds. The number of hydrogen-bond donors (Lipinski definition) is 1. The summed E-state index contributed by atoms with van der Waals surface area (Å²) in [6.07, 6.45) is 2.25. The van der Waals surface area contributed by atoms with Crippen LogP contribution in [0.25, 0.3) is 0 Å². The topological polar surface area (TPSA) is 38.5 Å².